The number of fused-ring (bicyclic) bond motifs is 5. The van der Waals surface area contributed by atoms with Gasteiger partial charge in [-0.1, -0.05) is 12.2 Å². The second kappa shape index (κ2) is 3.76. The van der Waals surface area contributed by atoms with Crippen LogP contribution in [0.1, 0.15) is 6.42 Å². The summed E-state index contributed by atoms with van der Waals surface area (Å²) in [6.07, 6.45) is 4.39. The minimum Gasteiger partial charge on any atom is -0.324 e. The normalized spacial score (nSPS) is 37.8. The highest BCUT2D eigenvalue weighted by Gasteiger charge is 2.59. The van der Waals surface area contributed by atoms with Crippen molar-refractivity contribution in [2.75, 3.05) is 12.7 Å². The monoisotopic (exact) mass is 271 g/mol. The van der Waals surface area contributed by atoms with Gasteiger partial charge in [-0.2, -0.15) is 0 Å². The molecule has 0 spiro atoms. The summed E-state index contributed by atoms with van der Waals surface area (Å²) >= 11 is 0. The van der Waals surface area contributed by atoms with E-state index >= 15 is 0 Å². The molecule has 0 radical (unpaired) electrons. The lowest BCUT2D eigenvalue weighted by Crippen LogP contribution is -2.35. The molecule has 3 aliphatic rings. The van der Waals surface area contributed by atoms with Crippen LogP contribution in [0.2, 0.25) is 0 Å². The molecule has 2 fully saturated rings. The van der Waals surface area contributed by atoms with Gasteiger partial charge in [-0.25, -0.2) is 0 Å². The molecule has 2 aliphatic carbocycles. The summed E-state index contributed by atoms with van der Waals surface area (Å²) in [5.74, 6) is -0.813. The van der Waals surface area contributed by atoms with Crippen LogP contribution in [0.3, 0.4) is 0 Å². The predicted molar refractivity (Wildman–Crippen MR) is 61.3 cm³/mol. The number of carbonyl (C=O) groups is 2. The molecule has 2 bridgehead atoms. The standard InChI is InChI=1S/C11H14NO5P/c13-10-8-6-1-2-7(5-6)9(8)11(14)12(10)3-4-18(15,16)17/h1-2,6-9H,3-5H2,(H2,15,16,17)/t6-,7+,8+,9-. The van der Waals surface area contributed by atoms with E-state index in [1.54, 1.807) is 0 Å². The maximum absolute atomic E-state index is 12.1. The second-order valence-corrected chi connectivity index (χ2v) is 6.99. The minimum atomic E-state index is -4.18. The zero-order valence-electron chi connectivity index (χ0n) is 9.60. The third kappa shape index (κ3) is 1.67. The first-order chi connectivity index (χ1) is 8.38. The fraction of sp³-hybridized carbons (Fsp3) is 0.636. The van der Waals surface area contributed by atoms with Crippen LogP contribution in [0.25, 0.3) is 0 Å². The van der Waals surface area contributed by atoms with Crippen LogP contribution in [0.4, 0.5) is 0 Å². The van der Waals surface area contributed by atoms with Gasteiger partial charge < -0.3 is 9.79 Å². The quantitative estimate of drug-likeness (QED) is 0.427. The van der Waals surface area contributed by atoms with Crippen molar-refractivity contribution in [1.29, 1.82) is 0 Å². The average molecular weight is 271 g/mol. The molecule has 98 valence electrons. The highest BCUT2D eigenvalue weighted by atomic mass is 31.2. The van der Waals surface area contributed by atoms with Gasteiger partial charge in [0.2, 0.25) is 11.8 Å². The van der Waals surface area contributed by atoms with E-state index in [1.807, 2.05) is 12.2 Å². The molecule has 0 aromatic rings. The maximum Gasteiger partial charge on any atom is 0.327 e. The minimum absolute atomic E-state index is 0.136. The SMILES string of the molecule is O=C1[C@@H]2[C@H](C(=O)N1CCP(=O)(O)O)[C@H]1C=C[C@@H]2C1. The van der Waals surface area contributed by atoms with Crippen molar-refractivity contribution in [1.82, 2.24) is 4.90 Å². The number of imide groups is 1. The Kier molecular flexibility index (Phi) is 2.52. The van der Waals surface area contributed by atoms with Gasteiger partial charge in [0.05, 0.1) is 18.0 Å². The van der Waals surface area contributed by atoms with Crippen LogP contribution in [0, 0.1) is 23.7 Å². The molecule has 6 nitrogen and oxygen atoms in total. The average Bonchev–Trinajstić information content (AvgIpc) is 2.90. The van der Waals surface area contributed by atoms with Crippen molar-refractivity contribution >= 4 is 19.4 Å². The van der Waals surface area contributed by atoms with Crippen LogP contribution in [0.5, 0.6) is 0 Å². The third-order valence-electron chi connectivity index (χ3n) is 4.18. The van der Waals surface area contributed by atoms with Gasteiger partial charge in [-0.05, 0) is 18.3 Å². The number of likely N-dealkylation sites (tertiary alicyclic amines) is 1. The summed E-state index contributed by atoms with van der Waals surface area (Å²) in [5, 5.41) is 0. The number of nitrogens with zero attached hydrogens (tertiary/aromatic N) is 1. The van der Waals surface area contributed by atoms with Crippen molar-refractivity contribution in [3.8, 4) is 0 Å². The maximum atomic E-state index is 12.1. The number of hydrogen-bond donors (Lipinski definition) is 2. The lowest BCUT2D eigenvalue weighted by molar-refractivity contribution is -0.140. The van der Waals surface area contributed by atoms with Crippen molar-refractivity contribution in [3.63, 3.8) is 0 Å². The van der Waals surface area contributed by atoms with Gasteiger partial charge in [-0.3, -0.25) is 19.1 Å². The van der Waals surface area contributed by atoms with Crippen molar-refractivity contribution in [3.05, 3.63) is 12.2 Å². The summed E-state index contributed by atoms with van der Waals surface area (Å²) in [7, 11) is -4.18. The topological polar surface area (TPSA) is 94.9 Å². The summed E-state index contributed by atoms with van der Waals surface area (Å²) in [4.78, 5) is 42.9. The molecule has 7 heteroatoms. The Morgan fingerprint density at radius 3 is 2.11 bits per heavy atom. The van der Waals surface area contributed by atoms with E-state index in [0.29, 0.717) is 0 Å². The van der Waals surface area contributed by atoms with E-state index in [4.69, 9.17) is 9.79 Å². The van der Waals surface area contributed by atoms with Crippen molar-refractivity contribution < 1.29 is 23.9 Å². The third-order valence-corrected chi connectivity index (χ3v) is 4.96. The predicted octanol–water partition coefficient (Wildman–Crippen LogP) is -0.0288. The molecular weight excluding hydrogens is 257 g/mol. The smallest absolute Gasteiger partial charge is 0.324 e. The van der Waals surface area contributed by atoms with E-state index < -0.39 is 13.8 Å². The van der Waals surface area contributed by atoms with Crippen LogP contribution >= 0.6 is 7.60 Å². The van der Waals surface area contributed by atoms with E-state index in [2.05, 4.69) is 0 Å². The van der Waals surface area contributed by atoms with Gasteiger partial charge >= 0.3 is 7.60 Å². The summed E-state index contributed by atoms with van der Waals surface area (Å²) in [5.41, 5.74) is 0. The lowest BCUT2D eigenvalue weighted by atomic mass is 9.85. The Morgan fingerprint density at radius 2 is 1.67 bits per heavy atom. The zero-order chi connectivity index (χ0) is 13.1. The molecule has 0 aromatic heterocycles. The Morgan fingerprint density at radius 1 is 1.17 bits per heavy atom. The molecule has 1 saturated carbocycles. The highest BCUT2D eigenvalue weighted by Crippen LogP contribution is 2.52. The zero-order valence-corrected chi connectivity index (χ0v) is 10.5. The van der Waals surface area contributed by atoms with Crippen molar-refractivity contribution in [2.45, 2.75) is 6.42 Å². The van der Waals surface area contributed by atoms with Crippen LogP contribution < -0.4 is 0 Å². The molecule has 0 unspecified atom stereocenters. The van der Waals surface area contributed by atoms with Crippen LogP contribution in [0.15, 0.2) is 12.2 Å². The number of allylic oxidation sites excluding steroid dienone is 2. The van der Waals surface area contributed by atoms with Gasteiger partial charge in [0.15, 0.2) is 0 Å². The summed E-state index contributed by atoms with van der Waals surface area (Å²) in [6.45, 7) is -0.172. The van der Waals surface area contributed by atoms with Crippen LogP contribution in [-0.2, 0) is 14.2 Å². The van der Waals surface area contributed by atoms with E-state index in [0.717, 1.165) is 11.3 Å². The fourth-order valence-electron chi connectivity index (χ4n) is 3.41. The van der Waals surface area contributed by atoms with E-state index in [1.165, 1.54) is 0 Å². The first-order valence-electron chi connectivity index (χ1n) is 5.96. The number of hydrogen-bond acceptors (Lipinski definition) is 3. The summed E-state index contributed by atoms with van der Waals surface area (Å²) in [6, 6.07) is 0. The number of amides is 2. The number of carbonyl (C=O) groups excluding carboxylic acids is 2. The van der Waals surface area contributed by atoms with E-state index in [-0.39, 0.29) is 42.0 Å². The Labute approximate surface area is 104 Å². The van der Waals surface area contributed by atoms with Gasteiger partial charge in [0.1, 0.15) is 0 Å². The number of rotatable bonds is 3. The fourth-order valence-corrected chi connectivity index (χ4v) is 3.88. The van der Waals surface area contributed by atoms with Crippen molar-refractivity contribution in [2.24, 2.45) is 23.7 Å². The molecule has 18 heavy (non-hydrogen) atoms. The molecule has 2 amide bonds. The van der Waals surface area contributed by atoms with Gasteiger partial charge in [0, 0.05) is 6.54 Å². The largest absolute Gasteiger partial charge is 0.327 e. The Bertz CT molecular complexity index is 466. The van der Waals surface area contributed by atoms with Gasteiger partial charge in [0.25, 0.3) is 0 Å². The lowest BCUT2D eigenvalue weighted by Gasteiger charge is -2.17. The molecule has 2 N–H and O–H groups in total. The molecule has 1 heterocycles. The van der Waals surface area contributed by atoms with E-state index in [9.17, 15) is 14.2 Å². The first-order valence-corrected chi connectivity index (χ1v) is 7.76. The Balaban J connectivity index is 1.78. The summed E-state index contributed by atoms with van der Waals surface area (Å²) < 4.78 is 10.8. The van der Waals surface area contributed by atoms with Crippen LogP contribution in [-0.4, -0.2) is 39.2 Å². The molecule has 4 atom stereocenters. The molecule has 0 aromatic carbocycles. The molecule has 3 rings (SSSR count). The second-order valence-electron chi connectivity index (χ2n) is 5.22. The molecule has 1 saturated heterocycles. The Hall–Kier alpha value is -0.970. The first kappa shape index (κ1) is 12.1. The molecular formula is C11H14NO5P. The van der Waals surface area contributed by atoms with Gasteiger partial charge in [-0.15, -0.1) is 0 Å². The highest BCUT2D eigenvalue weighted by molar-refractivity contribution is 7.51. The molecule has 1 aliphatic heterocycles.